The van der Waals surface area contributed by atoms with Crippen LogP contribution in [0.5, 0.6) is 0 Å². The Kier molecular flexibility index (Phi) is 5.63. The zero-order valence-corrected chi connectivity index (χ0v) is 20.8. The van der Waals surface area contributed by atoms with Crippen LogP contribution in [0, 0.1) is 28.8 Å². The number of guanidine groups is 1. The number of nitrogens with zero attached hydrogens (tertiary/aromatic N) is 2. The number of benzene rings is 1. The Bertz CT molecular complexity index is 1230. The molecule has 34 heavy (non-hydrogen) atoms. The van der Waals surface area contributed by atoms with Gasteiger partial charge in [0.05, 0.1) is 5.92 Å². The highest BCUT2D eigenvalue weighted by atomic mass is 32.1. The van der Waals surface area contributed by atoms with Crippen molar-refractivity contribution in [1.82, 2.24) is 4.90 Å². The van der Waals surface area contributed by atoms with Crippen LogP contribution in [-0.4, -0.2) is 30.9 Å². The topological polar surface area (TPSA) is 70.7 Å². The third-order valence-corrected chi connectivity index (χ3v) is 8.70. The van der Waals surface area contributed by atoms with E-state index < -0.39 is 11.5 Å². The van der Waals surface area contributed by atoms with E-state index in [1.807, 2.05) is 44.3 Å². The summed E-state index contributed by atoms with van der Waals surface area (Å²) in [5, 5.41) is 2.82. The average molecular weight is 479 g/mol. The Labute approximate surface area is 204 Å². The molecule has 5 rings (SSSR count). The maximum absolute atomic E-state index is 15.3. The minimum absolute atomic E-state index is 0.0551. The van der Waals surface area contributed by atoms with Gasteiger partial charge >= 0.3 is 0 Å². The highest BCUT2D eigenvalue weighted by Crippen LogP contribution is 2.50. The van der Waals surface area contributed by atoms with Gasteiger partial charge in [0.1, 0.15) is 5.54 Å². The zero-order valence-electron chi connectivity index (χ0n) is 20.0. The molecule has 4 atom stereocenters. The SMILES string of the molecule is CNc1cccc(-c2cc([C@@]3(C)N=C(N)N(C)C(=O)C3C3C=CC(C4CC4)=CC3C)sc2F)c1. The highest BCUT2D eigenvalue weighted by molar-refractivity contribution is 7.11. The fourth-order valence-corrected chi connectivity index (χ4v) is 6.36. The lowest BCUT2D eigenvalue weighted by atomic mass is 9.68. The molecule has 0 saturated heterocycles. The van der Waals surface area contributed by atoms with Gasteiger partial charge in [-0.15, -0.1) is 11.3 Å². The number of amides is 1. The smallest absolute Gasteiger partial charge is 0.235 e. The van der Waals surface area contributed by atoms with Crippen LogP contribution in [-0.2, 0) is 10.3 Å². The lowest BCUT2D eigenvalue weighted by molar-refractivity contribution is -0.136. The van der Waals surface area contributed by atoms with Crippen molar-refractivity contribution >= 4 is 28.9 Å². The Morgan fingerprint density at radius 3 is 2.74 bits per heavy atom. The minimum Gasteiger partial charge on any atom is -0.388 e. The van der Waals surface area contributed by atoms with Crippen LogP contribution in [0.3, 0.4) is 0 Å². The van der Waals surface area contributed by atoms with E-state index in [-0.39, 0.29) is 28.8 Å². The summed E-state index contributed by atoms with van der Waals surface area (Å²) in [5.41, 5.74) is 8.81. The molecule has 3 unspecified atom stereocenters. The number of hydrogen-bond acceptors (Lipinski definition) is 5. The Morgan fingerprint density at radius 2 is 2.06 bits per heavy atom. The fourth-order valence-electron chi connectivity index (χ4n) is 5.32. The Morgan fingerprint density at radius 1 is 1.29 bits per heavy atom. The quantitative estimate of drug-likeness (QED) is 0.607. The summed E-state index contributed by atoms with van der Waals surface area (Å²) in [5.74, 6) is 0.383. The molecule has 7 heteroatoms. The number of thiophene rings is 1. The van der Waals surface area contributed by atoms with Crippen molar-refractivity contribution in [2.75, 3.05) is 19.4 Å². The maximum atomic E-state index is 15.3. The van der Waals surface area contributed by atoms with Gasteiger partial charge in [-0.05, 0) is 66.9 Å². The second-order valence-corrected chi connectivity index (χ2v) is 10.9. The molecule has 0 radical (unpaired) electrons. The molecule has 3 aliphatic rings. The first-order valence-corrected chi connectivity index (χ1v) is 12.7. The van der Waals surface area contributed by atoms with Crippen LogP contribution in [0.1, 0.15) is 31.6 Å². The monoisotopic (exact) mass is 478 g/mol. The lowest BCUT2D eigenvalue weighted by Crippen LogP contribution is -2.56. The number of halogens is 1. The molecule has 2 heterocycles. The predicted molar refractivity (Wildman–Crippen MR) is 137 cm³/mol. The Hall–Kier alpha value is -2.93. The first-order valence-electron chi connectivity index (χ1n) is 11.8. The van der Waals surface area contributed by atoms with Gasteiger partial charge < -0.3 is 11.1 Å². The number of nitrogens with two attached hydrogens (primary N) is 1. The molecule has 1 aliphatic heterocycles. The summed E-state index contributed by atoms with van der Waals surface area (Å²) in [7, 11) is 3.50. The number of rotatable bonds is 5. The fraction of sp³-hybridized carbons (Fsp3) is 0.407. The van der Waals surface area contributed by atoms with Gasteiger partial charge in [0.25, 0.3) is 0 Å². The standard InChI is InChI=1S/C27H31FN4OS/c1-15-12-17(16-8-9-16)10-11-20(15)23-25(33)32(4)26(29)31-27(23,2)22-14-21(24(28)34-22)18-6-5-7-19(13-18)30-3/h5-7,10-16,20,23,30H,8-9H2,1-4H3,(H2,29,31)/t15?,20?,23?,27-/m1/s1. The summed E-state index contributed by atoms with van der Waals surface area (Å²) in [6.45, 7) is 4.09. The van der Waals surface area contributed by atoms with Gasteiger partial charge in [0, 0.05) is 30.2 Å². The number of carbonyl (C=O) groups is 1. The van der Waals surface area contributed by atoms with E-state index in [4.69, 9.17) is 10.7 Å². The molecule has 0 bridgehead atoms. The molecular formula is C27H31FN4OS. The van der Waals surface area contributed by atoms with Gasteiger partial charge in [0.15, 0.2) is 11.1 Å². The van der Waals surface area contributed by atoms with E-state index in [1.54, 1.807) is 7.05 Å². The molecule has 1 saturated carbocycles. The molecule has 1 aromatic heterocycles. The lowest BCUT2D eigenvalue weighted by Gasteiger charge is -2.44. The average Bonchev–Trinajstić information content (AvgIpc) is 3.59. The van der Waals surface area contributed by atoms with Crippen LogP contribution in [0.15, 0.2) is 59.1 Å². The number of nitrogens with one attached hydrogen (secondary N) is 1. The van der Waals surface area contributed by atoms with Crippen molar-refractivity contribution in [1.29, 1.82) is 0 Å². The zero-order chi connectivity index (χ0) is 24.2. The van der Waals surface area contributed by atoms with Crippen molar-refractivity contribution in [3.8, 4) is 11.1 Å². The first kappa shape index (κ1) is 22.8. The number of aliphatic imine (C=N–C) groups is 1. The molecular weight excluding hydrogens is 447 g/mol. The van der Waals surface area contributed by atoms with E-state index in [0.717, 1.165) is 22.6 Å². The minimum atomic E-state index is -0.966. The van der Waals surface area contributed by atoms with Crippen LogP contribution in [0.2, 0.25) is 0 Å². The van der Waals surface area contributed by atoms with Crippen LogP contribution in [0.4, 0.5) is 10.1 Å². The molecule has 1 aromatic carbocycles. The second kappa shape index (κ2) is 8.38. The van der Waals surface area contributed by atoms with Crippen molar-refractivity contribution in [3.05, 3.63) is 64.1 Å². The Balaban J connectivity index is 1.58. The molecule has 3 N–H and O–H groups in total. The van der Waals surface area contributed by atoms with E-state index in [0.29, 0.717) is 16.4 Å². The van der Waals surface area contributed by atoms with E-state index >= 15 is 4.39 Å². The van der Waals surface area contributed by atoms with Crippen LogP contribution >= 0.6 is 11.3 Å². The van der Waals surface area contributed by atoms with Gasteiger partial charge in [-0.2, -0.15) is 4.39 Å². The van der Waals surface area contributed by atoms with Crippen molar-refractivity contribution in [2.45, 2.75) is 32.2 Å². The van der Waals surface area contributed by atoms with Gasteiger partial charge in [0.2, 0.25) is 5.91 Å². The summed E-state index contributed by atoms with van der Waals surface area (Å²) in [6.07, 6.45) is 9.14. The van der Waals surface area contributed by atoms with Gasteiger partial charge in [-0.1, -0.05) is 37.3 Å². The van der Waals surface area contributed by atoms with E-state index in [1.165, 1.54) is 23.3 Å². The molecule has 1 fully saturated rings. The second-order valence-electron chi connectivity index (χ2n) is 9.86. The molecule has 2 aromatic rings. The molecule has 1 amide bonds. The number of carbonyl (C=O) groups excluding carboxylic acids is 1. The number of allylic oxidation sites excluding steroid dienone is 4. The van der Waals surface area contributed by atoms with E-state index in [9.17, 15) is 4.79 Å². The van der Waals surface area contributed by atoms with Gasteiger partial charge in [-0.25, -0.2) is 4.99 Å². The molecule has 2 aliphatic carbocycles. The van der Waals surface area contributed by atoms with Crippen molar-refractivity contribution in [3.63, 3.8) is 0 Å². The molecule has 178 valence electrons. The predicted octanol–water partition coefficient (Wildman–Crippen LogP) is 5.37. The van der Waals surface area contributed by atoms with Crippen molar-refractivity contribution in [2.24, 2.45) is 34.4 Å². The third kappa shape index (κ3) is 3.76. The summed E-state index contributed by atoms with van der Waals surface area (Å²) >= 11 is 1.06. The molecule has 5 nitrogen and oxygen atoms in total. The maximum Gasteiger partial charge on any atom is 0.235 e. The number of hydrogen-bond donors (Lipinski definition) is 2. The summed E-state index contributed by atoms with van der Waals surface area (Å²) in [4.78, 5) is 20.6. The van der Waals surface area contributed by atoms with E-state index in [2.05, 4.69) is 30.5 Å². The highest BCUT2D eigenvalue weighted by Gasteiger charge is 2.52. The third-order valence-electron chi connectivity index (χ3n) is 7.55. The van der Waals surface area contributed by atoms with Crippen molar-refractivity contribution < 1.29 is 9.18 Å². The largest absolute Gasteiger partial charge is 0.388 e. The van der Waals surface area contributed by atoms with Crippen LogP contribution in [0.25, 0.3) is 11.1 Å². The van der Waals surface area contributed by atoms with Crippen LogP contribution < -0.4 is 11.1 Å². The summed E-state index contributed by atoms with van der Waals surface area (Å²) in [6, 6.07) is 9.49. The summed E-state index contributed by atoms with van der Waals surface area (Å²) < 4.78 is 15.3. The molecule has 0 spiro atoms. The van der Waals surface area contributed by atoms with Gasteiger partial charge in [-0.3, -0.25) is 9.69 Å². The number of anilines is 1. The first-order chi connectivity index (χ1) is 16.2. The normalized spacial score (nSPS) is 29.1.